The van der Waals surface area contributed by atoms with Crippen molar-refractivity contribution in [1.82, 2.24) is 4.90 Å². The third-order valence-corrected chi connectivity index (χ3v) is 3.56. The standard InChI is InChI=1S/C13H25NO2/c1-4-6-12-7-5-9-14(10-8-12)13(15)11(2)16-3/h11-12H,4-10H2,1-3H3. The molecule has 1 amide bonds. The van der Waals surface area contributed by atoms with Gasteiger partial charge in [0, 0.05) is 20.2 Å². The molecule has 0 aromatic heterocycles. The highest BCUT2D eigenvalue weighted by molar-refractivity contribution is 5.80. The minimum Gasteiger partial charge on any atom is -0.372 e. The van der Waals surface area contributed by atoms with Crippen molar-refractivity contribution in [3.8, 4) is 0 Å². The Morgan fingerprint density at radius 3 is 2.81 bits per heavy atom. The minimum absolute atomic E-state index is 0.152. The van der Waals surface area contributed by atoms with E-state index in [1.54, 1.807) is 7.11 Å². The summed E-state index contributed by atoms with van der Waals surface area (Å²) in [6.45, 7) is 5.89. The van der Waals surface area contributed by atoms with Crippen LogP contribution in [0.2, 0.25) is 0 Å². The zero-order valence-corrected chi connectivity index (χ0v) is 10.9. The molecule has 3 heteroatoms. The van der Waals surface area contributed by atoms with E-state index in [4.69, 9.17) is 4.74 Å². The van der Waals surface area contributed by atoms with Crippen molar-refractivity contribution in [2.75, 3.05) is 20.2 Å². The number of ether oxygens (including phenoxy) is 1. The summed E-state index contributed by atoms with van der Waals surface area (Å²) in [6.07, 6.45) is 5.86. The van der Waals surface area contributed by atoms with Gasteiger partial charge in [0.1, 0.15) is 6.10 Å². The summed E-state index contributed by atoms with van der Waals surface area (Å²) < 4.78 is 5.09. The number of carbonyl (C=O) groups excluding carboxylic acids is 1. The predicted octanol–water partition coefficient (Wildman–Crippen LogP) is 2.45. The van der Waals surface area contributed by atoms with Crippen molar-refractivity contribution in [3.05, 3.63) is 0 Å². The number of amides is 1. The van der Waals surface area contributed by atoms with Gasteiger partial charge in [0.15, 0.2) is 0 Å². The molecule has 0 saturated carbocycles. The highest BCUT2D eigenvalue weighted by Crippen LogP contribution is 2.22. The predicted molar refractivity (Wildman–Crippen MR) is 65.3 cm³/mol. The molecule has 1 aliphatic heterocycles. The molecule has 1 fully saturated rings. The van der Waals surface area contributed by atoms with E-state index in [1.807, 2.05) is 11.8 Å². The zero-order chi connectivity index (χ0) is 12.0. The van der Waals surface area contributed by atoms with Gasteiger partial charge >= 0.3 is 0 Å². The molecule has 0 aliphatic carbocycles. The Labute approximate surface area is 99.1 Å². The van der Waals surface area contributed by atoms with E-state index in [2.05, 4.69) is 6.92 Å². The van der Waals surface area contributed by atoms with Gasteiger partial charge in [0.25, 0.3) is 5.91 Å². The minimum atomic E-state index is -0.289. The first kappa shape index (κ1) is 13.5. The van der Waals surface area contributed by atoms with E-state index in [0.717, 1.165) is 31.8 Å². The average Bonchev–Trinajstić information content (AvgIpc) is 2.53. The number of rotatable bonds is 4. The molecule has 94 valence electrons. The smallest absolute Gasteiger partial charge is 0.251 e. The lowest BCUT2D eigenvalue weighted by atomic mass is 9.96. The molecule has 1 rings (SSSR count). The number of nitrogens with zero attached hydrogens (tertiary/aromatic N) is 1. The molecular formula is C13H25NO2. The van der Waals surface area contributed by atoms with Gasteiger partial charge in [-0.25, -0.2) is 0 Å². The molecule has 0 aromatic carbocycles. The van der Waals surface area contributed by atoms with Crippen molar-refractivity contribution < 1.29 is 9.53 Å². The fraction of sp³-hybridized carbons (Fsp3) is 0.923. The van der Waals surface area contributed by atoms with Crippen LogP contribution >= 0.6 is 0 Å². The number of carbonyl (C=O) groups is 1. The van der Waals surface area contributed by atoms with Crippen LogP contribution in [0.4, 0.5) is 0 Å². The lowest BCUT2D eigenvalue weighted by Crippen LogP contribution is -2.39. The molecule has 2 unspecified atom stereocenters. The quantitative estimate of drug-likeness (QED) is 0.738. The molecule has 0 radical (unpaired) electrons. The maximum absolute atomic E-state index is 11.9. The van der Waals surface area contributed by atoms with Gasteiger partial charge in [-0.1, -0.05) is 19.8 Å². The van der Waals surface area contributed by atoms with E-state index >= 15 is 0 Å². The molecule has 1 aliphatic rings. The van der Waals surface area contributed by atoms with Gasteiger partial charge in [-0.2, -0.15) is 0 Å². The molecule has 0 bridgehead atoms. The van der Waals surface area contributed by atoms with Gasteiger partial charge in [-0.05, 0) is 32.1 Å². The van der Waals surface area contributed by atoms with Crippen LogP contribution in [0.1, 0.15) is 46.0 Å². The van der Waals surface area contributed by atoms with E-state index in [1.165, 1.54) is 19.3 Å². The van der Waals surface area contributed by atoms with Crippen LogP contribution in [0, 0.1) is 5.92 Å². The maximum Gasteiger partial charge on any atom is 0.251 e. The number of methoxy groups -OCH3 is 1. The SMILES string of the molecule is CCCC1CCCN(C(=O)C(C)OC)CC1. The molecule has 3 nitrogen and oxygen atoms in total. The summed E-state index contributed by atoms with van der Waals surface area (Å²) in [5.41, 5.74) is 0. The van der Waals surface area contributed by atoms with Crippen LogP contribution in [-0.4, -0.2) is 37.1 Å². The van der Waals surface area contributed by atoms with E-state index in [9.17, 15) is 4.79 Å². The van der Waals surface area contributed by atoms with Crippen LogP contribution in [0.15, 0.2) is 0 Å². The maximum atomic E-state index is 11.9. The lowest BCUT2D eigenvalue weighted by Gasteiger charge is -2.23. The molecule has 2 atom stereocenters. The summed E-state index contributed by atoms with van der Waals surface area (Å²) >= 11 is 0. The molecular weight excluding hydrogens is 202 g/mol. The van der Waals surface area contributed by atoms with E-state index < -0.39 is 0 Å². The third kappa shape index (κ3) is 3.78. The second kappa shape index (κ2) is 6.89. The monoisotopic (exact) mass is 227 g/mol. The Morgan fingerprint density at radius 1 is 1.44 bits per heavy atom. The first-order valence-electron chi connectivity index (χ1n) is 6.50. The topological polar surface area (TPSA) is 29.5 Å². The van der Waals surface area contributed by atoms with Gasteiger partial charge in [-0.15, -0.1) is 0 Å². The Bertz CT molecular complexity index is 218. The third-order valence-electron chi connectivity index (χ3n) is 3.56. The van der Waals surface area contributed by atoms with Crippen molar-refractivity contribution >= 4 is 5.91 Å². The van der Waals surface area contributed by atoms with Crippen molar-refractivity contribution in [1.29, 1.82) is 0 Å². The Hall–Kier alpha value is -0.570. The van der Waals surface area contributed by atoms with Crippen LogP contribution in [0.25, 0.3) is 0 Å². The Balaban J connectivity index is 2.43. The van der Waals surface area contributed by atoms with Gasteiger partial charge in [0.05, 0.1) is 0 Å². The van der Waals surface area contributed by atoms with Crippen LogP contribution in [0.3, 0.4) is 0 Å². The highest BCUT2D eigenvalue weighted by atomic mass is 16.5. The Morgan fingerprint density at radius 2 is 2.19 bits per heavy atom. The first-order valence-corrected chi connectivity index (χ1v) is 6.50. The fourth-order valence-electron chi connectivity index (χ4n) is 2.44. The van der Waals surface area contributed by atoms with Gasteiger partial charge in [-0.3, -0.25) is 4.79 Å². The molecule has 16 heavy (non-hydrogen) atoms. The van der Waals surface area contributed by atoms with Crippen LogP contribution < -0.4 is 0 Å². The van der Waals surface area contributed by atoms with Gasteiger partial charge in [0.2, 0.25) is 0 Å². The summed E-state index contributed by atoms with van der Waals surface area (Å²) in [7, 11) is 1.60. The number of hydrogen-bond acceptors (Lipinski definition) is 2. The van der Waals surface area contributed by atoms with Crippen molar-refractivity contribution in [3.63, 3.8) is 0 Å². The lowest BCUT2D eigenvalue weighted by molar-refractivity contribution is -0.140. The molecule has 0 N–H and O–H groups in total. The Kier molecular flexibility index (Phi) is 5.81. The normalized spacial score (nSPS) is 23.9. The highest BCUT2D eigenvalue weighted by Gasteiger charge is 2.23. The van der Waals surface area contributed by atoms with Crippen LogP contribution in [-0.2, 0) is 9.53 Å². The summed E-state index contributed by atoms with van der Waals surface area (Å²) in [4.78, 5) is 13.9. The molecule has 0 aromatic rings. The van der Waals surface area contributed by atoms with Crippen molar-refractivity contribution in [2.45, 2.75) is 52.1 Å². The zero-order valence-electron chi connectivity index (χ0n) is 10.9. The van der Waals surface area contributed by atoms with E-state index in [0.29, 0.717) is 0 Å². The largest absolute Gasteiger partial charge is 0.372 e. The second-order valence-electron chi connectivity index (χ2n) is 4.79. The molecule has 1 heterocycles. The number of hydrogen-bond donors (Lipinski definition) is 0. The van der Waals surface area contributed by atoms with E-state index in [-0.39, 0.29) is 12.0 Å². The molecule has 1 saturated heterocycles. The van der Waals surface area contributed by atoms with Crippen LogP contribution in [0.5, 0.6) is 0 Å². The summed E-state index contributed by atoms with van der Waals surface area (Å²) in [6, 6.07) is 0. The molecule has 0 spiro atoms. The summed E-state index contributed by atoms with van der Waals surface area (Å²) in [5, 5.41) is 0. The number of likely N-dealkylation sites (tertiary alicyclic amines) is 1. The first-order chi connectivity index (χ1) is 7.69. The average molecular weight is 227 g/mol. The second-order valence-corrected chi connectivity index (χ2v) is 4.79. The fourth-order valence-corrected chi connectivity index (χ4v) is 2.44. The van der Waals surface area contributed by atoms with Crippen molar-refractivity contribution in [2.24, 2.45) is 5.92 Å². The van der Waals surface area contributed by atoms with Gasteiger partial charge < -0.3 is 9.64 Å². The summed E-state index contributed by atoms with van der Waals surface area (Å²) in [5.74, 6) is 0.972.